The molecule has 0 aliphatic heterocycles. The lowest BCUT2D eigenvalue weighted by Gasteiger charge is -2.18. The van der Waals surface area contributed by atoms with Crippen molar-refractivity contribution in [2.45, 2.75) is 18.9 Å². The molecule has 2 aromatic rings. The number of aliphatic hydroxyl groups is 1. The number of amides is 2. The van der Waals surface area contributed by atoms with Gasteiger partial charge in [0.2, 0.25) is 0 Å². The molecule has 128 valence electrons. The van der Waals surface area contributed by atoms with E-state index >= 15 is 0 Å². The van der Waals surface area contributed by atoms with Gasteiger partial charge in [-0.2, -0.15) is 11.8 Å². The summed E-state index contributed by atoms with van der Waals surface area (Å²) in [7, 11) is 0. The minimum atomic E-state index is -0.233. The molecule has 0 saturated heterocycles. The first-order chi connectivity index (χ1) is 11.7. The highest BCUT2D eigenvalue weighted by Gasteiger charge is 2.12. The topological polar surface area (TPSA) is 61.4 Å². The number of nitrogens with one attached hydrogen (secondary N) is 2. The summed E-state index contributed by atoms with van der Waals surface area (Å²) in [6.45, 7) is 0.0656. The molecule has 0 radical (unpaired) electrons. The number of benzene rings is 2. The number of thioether (sulfide) groups is 1. The molecule has 0 saturated carbocycles. The Balaban J connectivity index is 2.02. The van der Waals surface area contributed by atoms with Gasteiger partial charge in [-0.25, -0.2) is 4.79 Å². The molecule has 2 amide bonds. The Hall–Kier alpha value is -1.98. The van der Waals surface area contributed by atoms with E-state index in [-0.39, 0.29) is 18.7 Å². The highest BCUT2D eigenvalue weighted by atomic mass is 32.2. The monoisotopic (exact) mass is 344 g/mol. The second-order valence-corrected chi connectivity index (χ2v) is 6.49. The fourth-order valence-corrected chi connectivity index (χ4v) is 3.16. The molecule has 2 aromatic carbocycles. The van der Waals surface area contributed by atoms with Crippen molar-refractivity contribution in [2.24, 2.45) is 0 Å². The lowest BCUT2D eigenvalue weighted by Crippen LogP contribution is -2.40. The Bertz CT molecular complexity index is 628. The largest absolute Gasteiger partial charge is 0.396 e. The third-order valence-electron chi connectivity index (χ3n) is 3.68. The Morgan fingerprint density at radius 2 is 1.83 bits per heavy atom. The zero-order chi connectivity index (χ0) is 17.2. The van der Waals surface area contributed by atoms with E-state index in [0.717, 1.165) is 23.4 Å². The smallest absolute Gasteiger partial charge is 0.319 e. The number of rotatable bonds is 8. The fourth-order valence-electron chi connectivity index (χ4n) is 2.51. The molecule has 0 fully saturated rings. The van der Waals surface area contributed by atoms with Crippen LogP contribution in [0, 0.1) is 0 Å². The highest BCUT2D eigenvalue weighted by Crippen LogP contribution is 2.19. The van der Waals surface area contributed by atoms with Gasteiger partial charge in [0, 0.05) is 24.1 Å². The lowest BCUT2D eigenvalue weighted by atomic mass is 10.0. The predicted molar refractivity (Wildman–Crippen MR) is 102 cm³/mol. The van der Waals surface area contributed by atoms with Gasteiger partial charge in [0.1, 0.15) is 0 Å². The van der Waals surface area contributed by atoms with Crippen molar-refractivity contribution in [1.29, 1.82) is 0 Å². The second-order valence-electron chi connectivity index (χ2n) is 5.58. The van der Waals surface area contributed by atoms with Crippen molar-refractivity contribution in [3.05, 3.63) is 65.7 Å². The lowest BCUT2D eigenvalue weighted by molar-refractivity contribution is 0.241. The SMILES string of the molecule is CSCC(CCO)NC(=O)Nc1ccccc1Cc1ccccc1. The Morgan fingerprint density at radius 3 is 2.54 bits per heavy atom. The standard InChI is InChI=1S/C19H24N2O2S/c1-24-14-17(11-12-22)20-19(23)21-18-10-6-5-9-16(18)13-15-7-3-2-4-8-15/h2-10,17,22H,11-14H2,1H3,(H2,20,21,23). The van der Waals surface area contributed by atoms with Crippen molar-refractivity contribution >= 4 is 23.5 Å². The van der Waals surface area contributed by atoms with E-state index in [1.165, 1.54) is 5.56 Å². The summed E-state index contributed by atoms with van der Waals surface area (Å²) in [5, 5.41) is 15.0. The van der Waals surface area contributed by atoms with E-state index in [1.54, 1.807) is 11.8 Å². The molecule has 0 bridgehead atoms. The van der Waals surface area contributed by atoms with Gasteiger partial charge in [-0.1, -0.05) is 48.5 Å². The summed E-state index contributed by atoms with van der Waals surface area (Å²) in [4.78, 5) is 12.3. The van der Waals surface area contributed by atoms with Crippen LogP contribution in [0.1, 0.15) is 17.5 Å². The average Bonchev–Trinajstić information content (AvgIpc) is 2.58. The summed E-state index contributed by atoms with van der Waals surface area (Å²) in [6.07, 6.45) is 3.31. The molecule has 0 spiro atoms. The Kier molecular flexibility index (Phi) is 7.65. The first-order valence-corrected chi connectivity index (χ1v) is 9.41. The zero-order valence-electron chi connectivity index (χ0n) is 13.9. The third kappa shape index (κ3) is 5.91. The number of hydrogen-bond acceptors (Lipinski definition) is 3. The van der Waals surface area contributed by atoms with E-state index in [2.05, 4.69) is 22.8 Å². The normalized spacial score (nSPS) is 11.8. The van der Waals surface area contributed by atoms with Crippen LogP contribution in [0.2, 0.25) is 0 Å². The molecule has 1 atom stereocenters. The maximum atomic E-state index is 12.3. The molecule has 3 N–H and O–H groups in total. The Labute approximate surface area is 147 Å². The molecular weight excluding hydrogens is 320 g/mol. The summed E-state index contributed by atoms with van der Waals surface area (Å²) >= 11 is 1.65. The maximum absolute atomic E-state index is 12.3. The fraction of sp³-hybridized carbons (Fsp3) is 0.316. The van der Waals surface area contributed by atoms with Crippen molar-refractivity contribution in [2.75, 3.05) is 23.9 Å². The third-order valence-corrected chi connectivity index (χ3v) is 4.42. The number of anilines is 1. The van der Waals surface area contributed by atoms with Gasteiger partial charge in [-0.05, 0) is 36.3 Å². The molecule has 0 heterocycles. The van der Waals surface area contributed by atoms with E-state index in [1.807, 2.05) is 48.7 Å². The molecule has 0 aromatic heterocycles. The summed E-state index contributed by atoms with van der Waals surface area (Å²) < 4.78 is 0. The van der Waals surface area contributed by atoms with Gasteiger partial charge >= 0.3 is 6.03 Å². The second kappa shape index (κ2) is 10.0. The van der Waals surface area contributed by atoms with E-state index in [0.29, 0.717) is 6.42 Å². The van der Waals surface area contributed by atoms with E-state index < -0.39 is 0 Å². The molecule has 2 rings (SSSR count). The summed E-state index contributed by atoms with van der Waals surface area (Å²) in [5.41, 5.74) is 3.08. The Morgan fingerprint density at radius 1 is 1.12 bits per heavy atom. The van der Waals surface area contributed by atoms with E-state index in [9.17, 15) is 4.79 Å². The van der Waals surface area contributed by atoms with Crippen LogP contribution in [-0.4, -0.2) is 35.8 Å². The summed E-state index contributed by atoms with van der Waals surface area (Å²) in [6, 6.07) is 17.7. The van der Waals surface area contributed by atoms with Gasteiger partial charge in [0.15, 0.2) is 0 Å². The number of carbonyl (C=O) groups excluding carboxylic acids is 1. The van der Waals surface area contributed by atoms with Crippen LogP contribution in [-0.2, 0) is 6.42 Å². The van der Waals surface area contributed by atoms with Crippen LogP contribution in [0.4, 0.5) is 10.5 Å². The van der Waals surface area contributed by atoms with Gasteiger partial charge < -0.3 is 15.7 Å². The molecule has 4 nitrogen and oxygen atoms in total. The first-order valence-electron chi connectivity index (χ1n) is 8.02. The van der Waals surface area contributed by atoms with Crippen molar-refractivity contribution in [3.63, 3.8) is 0 Å². The minimum Gasteiger partial charge on any atom is -0.396 e. The molecule has 0 aliphatic rings. The number of hydrogen-bond donors (Lipinski definition) is 3. The van der Waals surface area contributed by atoms with Crippen molar-refractivity contribution in [3.8, 4) is 0 Å². The quantitative estimate of drug-likeness (QED) is 0.687. The zero-order valence-corrected chi connectivity index (χ0v) is 14.7. The molecule has 0 aliphatic carbocycles. The molecule has 24 heavy (non-hydrogen) atoms. The van der Waals surface area contributed by atoms with Gasteiger partial charge in [0.25, 0.3) is 0 Å². The minimum absolute atomic E-state index is 0.0358. The van der Waals surface area contributed by atoms with Crippen molar-refractivity contribution < 1.29 is 9.90 Å². The molecule has 1 unspecified atom stereocenters. The number of carbonyl (C=O) groups is 1. The maximum Gasteiger partial charge on any atom is 0.319 e. The van der Waals surface area contributed by atoms with Crippen LogP contribution in [0.25, 0.3) is 0 Å². The predicted octanol–water partition coefficient (Wildman–Crippen LogP) is 3.51. The summed E-state index contributed by atoms with van der Waals surface area (Å²) in [5.74, 6) is 0.777. The van der Waals surface area contributed by atoms with Crippen LogP contribution < -0.4 is 10.6 Å². The highest BCUT2D eigenvalue weighted by molar-refractivity contribution is 7.98. The van der Waals surface area contributed by atoms with Gasteiger partial charge in [0.05, 0.1) is 0 Å². The van der Waals surface area contributed by atoms with Crippen LogP contribution in [0.15, 0.2) is 54.6 Å². The first kappa shape index (κ1) is 18.4. The number of para-hydroxylation sites is 1. The van der Waals surface area contributed by atoms with E-state index in [4.69, 9.17) is 5.11 Å². The molecule has 5 heteroatoms. The molecular formula is C19H24N2O2S. The van der Waals surface area contributed by atoms with Gasteiger partial charge in [-0.3, -0.25) is 0 Å². The number of aliphatic hydroxyl groups excluding tert-OH is 1. The van der Waals surface area contributed by atoms with Crippen LogP contribution in [0.3, 0.4) is 0 Å². The van der Waals surface area contributed by atoms with Crippen LogP contribution in [0.5, 0.6) is 0 Å². The van der Waals surface area contributed by atoms with Crippen molar-refractivity contribution in [1.82, 2.24) is 5.32 Å². The number of urea groups is 1. The van der Waals surface area contributed by atoms with Gasteiger partial charge in [-0.15, -0.1) is 0 Å². The average molecular weight is 344 g/mol. The van der Waals surface area contributed by atoms with Crippen LogP contribution >= 0.6 is 11.8 Å².